The summed E-state index contributed by atoms with van der Waals surface area (Å²) in [4.78, 5) is 27.3. The van der Waals surface area contributed by atoms with Gasteiger partial charge in [-0.25, -0.2) is 4.98 Å². The molecule has 4 rings (SSSR count). The van der Waals surface area contributed by atoms with Gasteiger partial charge in [0.05, 0.1) is 11.1 Å². The molecule has 0 radical (unpaired) electrons. The maximum absolute atomic E-state index is 12.4. The lowest BCUT2D eigenvalue weighted by Crippen LogP contribution is -2.25. The van der Waals surface area contributed by atoms with Crippen molar-refractivity contribution in [3.63, 3.8) is 0 Å². The molecule has 1 amide bonds. The van der Waals surface area contributed by atoms with Gasteiger partial charge in [-0.05, 0) is 30.3 Å². The van der Waals surface area contributed by atoms with E-state index in [9.17, 15) is 4.79 Å². The van der Waals surface area contributed by atoms with E-state index in [-0.39, 0.29) is 5.91 Å². The molecule has 2 aromatic heterocycles. The highest BCUT2D eigenvalue weighted by Crippen LogP contribution is 2.26. The summed E-state index contributed by atoms with van der Waals surface area (Å²) < 4.78 is 1.95. The fraction of sp³-hybridized carbons (Fsp3) is 0.222. The molecule has 1 aliphatic heterocycles. The van der Waals surface area contributed by atoms with E-state index in [0.29, 0.717) is 11.2 Å². The normalized spacial score (nSPS) is 13.6. The number of fused-ring (bicyclic) bond motifs is 3. The molecule has 3 aromatic rings. The molecule has 0 aliphatic carbocycles. The second-order valence-electron chi connectivity index (χ2n) is 6.09. The van der Waals surface area contributed by atoms with Crippen LogP contribution in [0.5, 0.6) is 0 Å². The number of carbonyl (C=O) groups is 1. The van der Waals surface area contributed by atoms with E-state index in [4.69, 9.17) is 0 Å². The SMILES string of the molecule is CN(C)c1ccc2nc(=NC(=O)c3cccnc3)n3c(c2c1)NCC3. The van der Waals surface area contributed by atoms with Gasteiger partial charge in [0.15, 0.2) is 0 Å². The van der Waals surface area contributed by atoms with E-state index in [0.717, 1.165) is 35.5 Å². The second-order valence-corrected chi connectivity index (χ2v) is 6.09. The van der Waals surface area contributed by atoms with Crippen LogP contribution in [0, 0.1) is 0 Å². The minimum Gasteiger partial charge on any atom is -0.378 e. The number of pyridine rings is 1. The summed E-state index contributed by atoms with van der Waals surface area (Å²) in [6, 6.07) is 9.48. The number of nitrogens with one attached hydrogen (secondary N) is 1. The Bertz CT molecular complexity index is 1020. The van der Waals surface area contributed by atoms with Crippen molar-refractivity contribution >= 4 is 28.3 Å². The lowest BCUT2D eigenvalue weighted by Gasteiger charge is -2.14. The molecule has 0 saturated heterocycles. The van der Waals surface area contributed by atoms with E-state index in [1.165, 1.54) is 6.20 Å². The molecule has 0 atom stereocenters. The molecular formula is C18H18N6O. The molecule has 126 valence electrons. The van der Waals surface area contributed by atoms with Gasteiger partial charge in [0.2, 0.25) is 5.62 Å². The minimum absolute atomic E-state index is 0.341. The van der Waals surface area contributed by atoms with Crippen molar-refractivity contribution in [1.82, 2.24) is 14.5 Å². The molecule has 7 nitrogen and oxygen atoms in total. The predicted molar refractivity (Wildman–Crippen MR) is 96.7 cm³/mol. The van der Waals surface area contributed by atoms with Crippen molar-refractivity contribution in [2.24, 2.45) is 4.99 Å². The third kappa shape index (κ3) is 2.73. The molecule has 0 spiro atoms. The van der Waals surface area contributed by atoms with Crippen LogP contribution in [0.25, 0.3) is 10.9 Å². The fourth-order valence-electron chi connectivity index (χ4n) is 2.92. The van der Waals surface area contributed by atoms with Crippen LogP contribution in [0.4, 0.5) is 11.5 Å². The topological polar surface area (TPSA) is 75.4 Å². The third-order valence-electron chi connectivity index (χ3n) is 4.22. The van der Waals surface area contributed by atoms with Gasteiger partial charge in [-0.2, -0.15) is 4.99 Å². The van der Waals surface area contributed by atoms with E-state index in [2.05, 4.69) is 31.2 Å². The molecule has 0 fully saturated rings. The van der Waals surface area contributed by atoms with Gasteiger partial charge in [0.1, 0.15) is 5.82 Å². The molecule has 1 aliphatic rings. The van der Waals surface area contributed by atoms with Crippen molar-refractivity contribution in [1.29, 1.82) is 0 Å². The average molecular weight is 334 g/mol. The Kier molecular flexibility index (Phi) is 3.68. The first kappa shape index (κ1) is 15.3. The lowest BCUT2D eigenvalue weighted by atomic mass is 10.2. The van der Waals surface area contributed by atoms with Crippen LogP contribution in [0.2, 0.25) is 0 Å². The summed E-state index contributed by atoms with van der Waals surface area (Å²) in [6.45, 7) is 1.51. The number of rotatable bonds is 2. The molecule has 0 saturated carbocycles. The number of benzene rings is 1. The molecule has 7 heteroatoms. The van der Waals surface area contributed by atoms with Crippen LogP contribution in [-0.2, 0) is 6.54 Å². The maximum Gasteiger partial charge on any atom is 0.281 e. The Balaban J connectivity index is 1.90. The number of carbonyl (C=O) groups excluding carboxylic acids is 1. The van der Waals surface area contributed by atoms with Gasteiger partial charge < -0.3 is 10.2 Å². The van der Waals surface area contributed by atoms with Crippen LogP contribution in [0.1, 0.15) is 10.4 Å². The van der Waals surface area contributed by atoms with E-state index < -0.39 is 0 Å². The van der Waals surface area contributed by atoms with Crippen LogP contribution < -0.4 is 15.8 Å². The molecule has 25 heavy (non-hydrogen) atoms. The molecule has 0 bridgehead atoms. The van der Waals surface area contributed by atoms with E-state index >= 15 is 0 Å². The quantitative estimate of drug-likeness (QED) is 0.771. The molecule has 3 heterocycles. The highest BCUT2D eigenvalue weighted by molar-refractivity contribution is 5.95. The first-order chi connectivity index (χ1) is 12.1. The van der Waals surface area contributed by atoms with Gasteiger partial charge in [-0.1, -0.05) is 0 Å². The zero-order chi connectivity index (χ0) is 17.4. The average Bonchev–Trinajstić information content (AvgIpc) is 3.12. The first-order valence-electron chi connectivity index (χ1n) is 8.08. The van der Waals surface area contributed by atoms with Crippen LogP contribution >= 0.6 is 0 Å². The van der Waals surface area contributed by atoms with Crippen LogP contribution in [0.15, 0.2) is 47.7 Å². The predicted octanol–water partition coefficient (Wildman–Crippen LogP) is 1.66. The standard InChI is InChI=1S/C18H18N6O/c1-23(2)13-5-6-15-14(10-13)16-20-8-9-24(16)18(21-15)22-17(25)12-4-3-7-19-11-12/h3-7,10-11,20H,8-9H2,1-2H3. The lowest BCUT2D eigenvalue weighted by molar-refractivity contribution is 0.0996. The highest BCUT2D eigenvalue weighted by Gasteiger charge is 2.17. The Morgan fingerprint density at radius 2 is 2.20 bits per heavy atom. The van der Waals surface area contributed by atoms with Gasteiger partial charge in [-0.3, -0.25) is 14.3 Å². The number of hydrogen-bond donors (Lipinski definition) is 1. The van der Waals surface area contributed by atoms with Gasteiger partial charge in [-0.15, -0.1) is 0 Å². The first-order valence-corrected chi connectivity index (χ1v) is 8.08. The summed E-state index contributed by atoms with van der Waals surface area (Å²) in [5.74, 6) is 0.609. The van der Waals surface area contributed by atoms with Crippen molar-refractivity contribution < 1.29 is 4.79 Å². The number of hydrogen-bond acceptors (Lipinski definition) is 5. The van der Waals surface area contributed by atoms with Crippen molar-refractivity contribution in [3.8, 4) is 0 Å². The van der Waals surface area contributed by atoms with Gasteiger partial charge >= 0.3 is 0 Å². The van der Waals surface area contributed by atoms with E-state index in [1.807, 2.05) is 30.8 Å². The van der Waals surface area contributed by atoms with Crippen LogP contribution in [0.3, 0.4) is 0 Å². The van der Waals surface area contributed by atoms with E-state index in [1.54, 1.807) is 18.3 Å². The van der Waals surface area contributed by atoms with Gasteiger partial charge in [0.25, 0.3) is 5.91 Å². The summed E-state index contributed by atoms with van der Waals surface area (Å²) in [7, 11) is 4.01. The maximum atomic E-state index is 12.4. The van der Waals surface area contributed by atoms with Crippen molar-refractivity contribution in [2.45, 2.75) is 6.54 Å². The Hall–Kier alpha value is -3.22. The second kappa shape index (κ2) is 6.01. The molecule has 1 aromatic carbocycles. The summed E-state index contributed by atoms with van der Waals surface area (Å²) >= 11 is 0. The van der Waals surface area contributed by atoms with Crippen molar-refractivity contribution in [3.05, 3.63) is 53.9 Å². The van der Waals surface area contributed by atoms with Gasteiger partial charge in [0, 0.05) is 50.7 Å². The third-order valence-corrected chi connectivity index (χ3v) is 4.22. The highest BCUT2D eigenvalue weighted by atomic mass is 16.1. The minimum atomic E-state index is -0.341. The summed E-state index contributed by atoms with van der Waals surface area (Å²) in [6.07, 6.45) is 3.14. The zero-order valence-corrected chi connectivity index (χ0v) is 14.1. The number of nitrogens with zero attached hydrogens (tertiary/aromatic N) is 5. The number of anilines is 2. The molecular weight excluding hydrogens is 316 g/mol. The Morgan fingerprint density at radius 3 is 2.96 bits per heavy atom. The summed E-state index contributed by atoms with van der Waals surface area (Å²) in [5.41, 5.74) is 2.78. The fourth-order valence-corrected chi connectivity index (χ4v) is 2.92. The monoisotopic (exact) mass is 334 g/mol. The largest absolute Gasteiger partial charge is 0.378 e. The number of amides is 1. The molecule has 0 unspecified atom stereocenters. The summed E-state index contributed by atoms with van der Waals surface area (Å²) in [5, 5.41) is 4.41. The smallest absolute Gasteiger partial charge is 0.281 e. The van der Waals surface area contributed by atoms with Crippen LogP contribution in [-0.4, -0.2) is 41.1 Å². The Labute approximate surface area is 144 Å². The Morgan fingerprint density at radius 1 is 1.32 bits per heavy atom. The number of aromatic nitrogens is 3. The van der Waals surface area contributed by atoms with Crippen molar-refractivity contribution in [2.75, 3.05) is 30.9 Å². The molecule has 1 N–H and O–H groups in total. The zero-order valence-electron chi connectivity index (χ0n) is 14.1.